The van der Waals surface area contributed by atoms with E-state index in [1.54, 1.807) is 19.2 Å². The maximum absolute atomic E-state index is 13.3. The smallest absolute Gasteiger partial charge is 0.387 e. The van der Waals surface area contributed by atoms with Crippen molar-refractivity contribution < 1.29 is 13.5 Å². The highest BCUT2D eigenvalue weighted by molar-refractivity contribution is 5.91. The highest BCUT2D eigenvalue weighted by Crippen LogP contribution is 2.34. The summed E-state index contributed by atoms with van der Waals surface area (Å²) in [5.74, 6) is 0.0973. The van der Waals surface area contributed by atoms with Gasteiger partial charge >= 0.3 is 6.61 Å². The van der Waals surface area contributed by atoms with Crippen LogP contribution in [0.3, 0.4) is 0 Å². The van der Waals surface area contributed by atoms with Crippen LogP contribution in [0.5, 0.6) is 5.75 Å². The second kappa shape index (κ2) is 8.86. The lowest BCUT2D eigenvalue weighted by atomic mass is 10.1. The molecule has 8 nitrogen and oxygen atoms in total. The van der Waals surface area contributed by atoms with Gasteiger partial charge in [0.2, 0.25) is 0 Å². The summed E-state index contributed by atoms with van der Waals surface area (Å²) in [5.41, 5.74) is 2.29. The van der Waals surface area contributed by atoms with Crippen LogP contribution in [-0.4, -0.2) is 64.5 Å². The Morgan fingerprint density at radius 2 is 1.76 bits per heavy atom. The molecule has 3 heterocycles. The number of piperazine rings is 1. The summed E-state index contributed by atoms with van der Waals surface area (Å²) >= 11 is 0. The number of hydrogen-bond donors (Lipinski definition) is 1. The van der Waals surface area contributed by atoms with E-state index in [1.807, 2.05) is 43.4 Å². The molecule has 0 spiro atoms. The van der Waals surface area contributed by atoms with Crippen LogP contribution < -0.4 is 15.2 Å². The highest BCUT2D eigenvalue weighted by Gasteiger charge is 2.22. The average Bonchev–Trinajstić information content (AvgIpc) is 3.17. The molecule has 0 unspecified atom stereocenters. The fourth-order valence-electron chi connectivity index (χ4n) is 4.24. The van der Waals surface area contributed by atoms with Gasteiger partial charge < -0.3 is 19.5 Å². The zero-order valence-corrected chi connectivity index (χ0v) is 18.8. The van der Waals surface area contributed by atoms with E-state index in [0.29, 0.717) is 16.7 Å². The van der Waals surface area contributed by atoms with Crippen LogP contribution in [-0.2, 0) is 7.05 Å². The molecule has 1 fully saturated rings. The Labute approximate surface area is 194 Å². The molecular weight excluding hydrogens is 442 g/mol. The van der Waals surface area contributed by atoms with Gasteiger partial charge in [0, 0.05) is 50.5 Å². The normalized spacial score (nSPS) is 14.8. The van der Waals surface area contributed by atoms with Gasteiger partial charge in [0.05, 0.1) is 5.56 Å². The van der Waals surface area contributed by atoms with Crippen molar-refractivity contribution in [3.05, 3.63) is 58.9 Å². The molecule has 0 saturated carbocycles. The second-order valence-electron chi connectivity index (χ2n) is 8.30. The van der Waals surface area contributed by atoms with Crippen molar-refractivity contribution in [1.82, 2.24) is 24.6 Å². The topological polar surface area (TPSA) is 79.3 Å². The highest BCUT2D eigenvalue weighted by atomic mass is 19.3. The number of alkyl halides is 2. The Balaban J connectivity index is 1.60. The number of anilines is 1. The predicted molar refractivity (Wildman–Crippen MR) is 126 cm³/mol. The van der Waals surface area contributed by atoms with Crippen molar-refractivity contribution in [3.8, 4) is 28.4 Å². The third kappa shape index (κ3) is 4.12. The van der Waals surface area contributed by atoms with Gasteiger partial charge in [0.15, 0.2) is 5.65 Å². The zero-order valence-electron chi connectivity index (χ0n) is 18.8. The molecule has 4 aromatic rings. The molecule has 10 heteroatoms. The van der Waals surface area contributed by atoms with Crippen molar-refractivity contribution >= 4 is 16.7 Å². The number of H-pyrrole nitrogens is 1. The lowest BCUT2D eigenvalue weighted by molar-refractivity contribution is -0.0494. The quantitative estimate of drug-likeness (QED) is 0.486. The Hall–Kier alpha value is -3.79. The first-order chi connectivity index (χ1) is 16.4. The minimum atomic E-state index is -3.02. The SMILES string of the molecule is CN1CCN(c2ccc(-c3nc4c(c(-c5ccccc5)nn4C)c(=O)[nH]3)c(OC(F)F)c2)CC1. The summed E-state index contributed by atoms with van der Waals surface area (Å²) in [7, 11) is 3.74. The van der Waals surface area contributed by atoms with Crippen LogP contribution in [0.1, 0.15) is 0 Å². The summed E-state index contributed by atoms with van der Waals surface area (Å²) in [5, 5.41) is 4.82. The standard InChI is InChI=1S/C24H24F2N6O2/c1-30-10-12-32(13-11-30)16-8-9-17(18(14-16)34-24(25)26)21-27-22-19(23(33)28-21)20(29-31(22)2)15-6-4-3-5-7-15/h3-9,14,24H,10-13H2,1-2H3,(H,27,28,33). The van der Waals surface area contributed by atoms with Crippen molar-refractivity contribution in [3.63, 3.8) is 0 Å². The first-order valence-corrected chi connectivity index (χ1v) is 11.0. The maximum atomic E-state index is 13.3. The number of aryl methyl sites for hydroxylation is 1. The van der Waals surface area contributed by atoms with E-state index in [9.17, 15) is 13.6 Å². The van der Waals surface area contributed by atoms with Crippen molar-refractivity contribution in [2.75, 3.05) is 38.1 Å². The summed E-state index contributed by atoms with van der Waals surface area (Å²) in [6.07, 6.45) is 0. The van der Waals surface area contributed by atoms with Gasteiger partial charge in [-0.3, -0.25) is 4.79 Å². The van der Waals surface area contributed by atoms with Crippen LogP contribution in [0.2, 0.25) is 0 Å². The molecule has 0 radical (unpaired) electrons. The number of benzene rings is 2. The fourth-order valence-corrected chi connectivity index (χ4v) is 4.24. The first kappa shape index (κ1) is 22.0. The molecule has 1 N–H and O–H groups in total. The molecule has 0 atom stereocenters. The monoisotopic (exact) mass is 466 g/mol. The van der Waals surface area contributed by atoms with E-state index in [0.717, 1.165) is 37.4 Å². The van der Waals surface area contributed by atoms with E-state index in [1.165, 1.54) is 4.68 Å². The Morgan fingerprint density at radius 1 is 1.03 bits per heavy atom. The van der Waals surface area contributed by atoms with Gasteiger partial charge in [-0.25, -0.2) is 9.67 Å². The number of nitrogens with one attached hydrogen (secondary N) is 1. The molecule has 176 valence electrons. The largest absolute Gasteiger partial charge is 0.434 e. The first-order valence-electron chi connectivity index (χ1n) is 11.0. The fraction of sp³-hybridized carbons (Fsp3) is 0.292. The number of fused-ring (bicyclic) bond motifs is 1. The number of aromatic amines is 1. The minimum Gasteiger partial charge on any atom is -0.434 e. The number of hydrogen-bond acceptors (Lipinski definition) is 6. The van der Waals surface area contributed by atoms with Gasteiger partial charge in [-0.1, -0.05) is 30.3 Å². The third-order valence-corrected chi connectivity index (χ3v) is 6.05. The van der Waals surface area contributed by atoms with E-state index < -0.39 is 12.2 Å². The summed E-state index contributed by atoms with van der Waals surface area (Å²) in [4.78, 5) is 24.8. The van der Waals surface area contributed by atoms with Gasteiger partial charge in [-0.15, -0.1) is 0 Å². The minimum absolute atomic E-state index is 0.0422. The average molecular weight is 466 g/mol. The van der Waals surface area contributed by atoms with Crippen LogP contribution in [0.15, 0.2) is 53.3 Å². The summed E-state index contributed by atoms with van der Waals surface area (Å²) in [6, 6.07) is 14.4. The lowest BCUT2D eigenvalue weighted by Gasteiger charge is -2.34. The third-order valence-electron chi connectivity index (χ3n) is 6.05. The molecule has 1 aliphatic heterocycles. The van der Waals surface area contributed by atoms with Gasteiger partial charge in [-0.2, -0.15) is 13.9 Å². The number of likely N-dealkylation sites (N-methyl/N-ethyl adjacent to an activating group) is 1. The van der Waals surface area contributed by atoms with E-state index in [2.05, 4.69) is 24.9 Å². The predicted octanol–water partition coefficient (Wildman–Crippen LogP) is 3.34. The molecule has 0 aliphatic carbocycles. The van der Waals surface area contributed by atoms with Crippen LogP contribution in [0.4, 0.5) is 14.5 Å². The molecule has 5 rings (SSSR count). The van der Waals surface area contributed by atoms with Gasteiger partial charge in [0.1, 0.15) is 22.7 Å². The number of nitrogens with zero attached hydrogens (tertiary/aromatic N) is 5. The van der Waals surface area contributed by atoms with E-state index in [-0.39, 0.29) is 17.1 Å². The lowest BCUT2D eigenvalue weighted by Crippen LogP contribution is -2.44. The van der Waals surface area contributed by atoms with E-state index >= 15 is 0 Å². The van der Waals surface area contributed by atoms with Crippen LogP contribution in [0.25, 0.3) is 33.7 Å². The Bertz CT molecular complexity index is 1380. The molecule has 1 aliphatic rings. The molecule has 2 aromatic heterocycles. The molecule has 34 heavy (non-hydrogen) atoms. The number of halogens is 2. The van der Waals surface area contributed by atoms with Crippen LogP contribution >= 0.6 is 0 Å². The molecular formula is C24H24F2N6O2. The Morgan fingerprint density at radius 3 is 2.47 bits per heavy atom. The van der Waals surface area contributed by atoms with Gasteiger partial charge in [-0.05, 0) is 19.2 Å². The number of aromatic nitrogens is 4. The van der Waals surface area contributed by atoms with Crippen molar-refractivity contribution in [2.24, 2.45) is 7.05 Å². The second-order valence-corrected chi connectivity index (χ2v) is 8.30. The molecule has 0 bridgehead atoms. The van der Waals surface area contributed by atoms with E-state index in [4.69, 9.17) is 4.74 Å². The maximum Gasteiger partial charge on any atom is 0.387 e. The number of rotatable bonds is 5. The molecule has 0 amide bonds. The molecule has 2 aromatic carbocycles. The summed E-state index contributed by atoms with van der Waals surface area (Å²) < 4.78 is 32.9. The van der Waals surface area contributed by atoms with Crippen molar-refractivity contribution in [2.45, 2.75) is 6.61 Å². The zero-order chi connectivity index (χ0) is 23.8. The van der Waals surface area contributed by atoms with Crippen LogP contribution in [0, 0.1) is 0 Å². The number of ether oxygens (including phenoxy) is 1. The van der Waals surface area contributed by atoms with Crippen molar-refractivity contribution in [1.29, 1.82) is 0 Å². The molecule has 1 saturated heterocycles. The summed E-state index contributed by atoms with van der Waals surface area (Å²) in [6.45, 7) is 0.300. The van der Waals surface area contributed by atoms with Gasteiger partial charge in [0.25, 0.3) is 5.56 Å². The Kier molecular flexibility index (Phi) is 5.74.